The monoisotopic (exact) mass is 346 g/mol. The zero-order valence-corrected chi connectivity index (χ0v) is 14.2. The fourth-order valence-electron chi connectivity index (χ4n) is 2.67. The molecule has 1 saturated heterocycles. The lowest BCUT2D eigenvalue weighted by Crippen LogP contribution is -2.52. The summed E-state index contributed by atoms with van der Waals surface area (Å²) in [4.78, 5) is 28.0. The van der Waals surface area contributed by atoms with Crippen molar-refractivity contribution in [3.8, 4) is 0 Å². The van der Waals surface area contributed by atoms with Gasteiger partial charge in [-0.05, 0) is 12.5 Å². The molecule has 2 amide bonds. The zero-order valence-electron chi connectivity index (χ0n) is 13.5. The molecule has 1 aliphatic heterocycles. The molecule has 2 heterocycles. The Kier molecular flexibility index (Phi) is 4.85. The molecule has 6 nitrogen and oxygen atoms in total. The summed E-state index contributed by atoms with van der Waals surface area (Å²) in [5.41, 5.74) is 2.29. The van der Waals surface area contributed by atoms with Crippen LogP contribution in [0.25, 0.3) is 0 Å². The molecule has 1 aromatic heterocycles. The van der Waals surface area contributed by atoms with Crippen LogP contribution in [0.4, 0.5) is 0 Å². The molecule has 0 N–H and O–H groups in total. The van der Waals surface area contributed by atoms with Crippen molar-refractivity contribution in [1.82, 2.24) is 19.6 Å². The molecule has 0 bridgehead atoms. The highest BCUT2D eigenvalue weighted by atomic mass is 35.5. The standard InChI is InChI=1S/C17H19ClN4O2/c1-13-2-4-14(5-3-13)9-20-6-7-21(11-16(20)23)17(24)12-22-10-15(18)8-19-22/h2-5,8,10H,6-7,9,11-12H2,1H3. The molecule has 1 aliphatic rings. The van der Waals surface area contributed by atoms with Crippen molar-refractivity contribution in [2.24, 2.45) is 0 Å². The second-order valence-corrected chi connectivity index (χ2v) is 6.41. The Morgan fingerprint density at radius 2 is 2.00 bits per heavy atom. The number of hydrogen-bond donors (Lipinski definition) is 0. The van der Waals surface area contributed by atoms with Crippen molar-refractivity contribution in [3.05, 3.63) is 52.8 Å². The minimum absolute atomic E-state index is 0.0336. The first-order chi connectivity index (χ1) is 11.5. The van der Waals surface area contributed by atoms with Crippen LogP contribution in [-0.4, -0.2) is 51.0 Å². The number of halogens is 1. The van der Waals surface area contributed by atoms with Gasteiger partial charge in [-0.15, -0.1) is 0 Å². The smallest absolute Gasteiger partial charge is 0.244 e. The van der Waals surface area contributed by atoms with Crippen molar-refractivity contribution in [3.63, 3.8) is 0 Å². The number of rotatable bonds is 4. The summed E-state index contributed by atoms with van der Waals surface area (Å²) in [5, 5.41) is 4.48. The van der Waals surface area contributed by atoms with Gasteiger partial charge in [-0.1, -0.05) is 41.4 Å². The van der Waals surface area contributed by atoms with E-state index in [1.54, 1.807) is 16.0 Å². The number of carbonyl (C=O) groups excluding carboxylic acids is 2. The van der Waals surface area contributed by atoms with E-state index in [9.17, 15) is 9.59 Å². The normalized spacial score (nSPS) is 15.0. The number of benzene rings is 1. The highest BCUT2D eigenvalue weighted by Gasteiger charge is 2.27. The van der Waals surface area contributed by atoms with E-state index >= 15 is 0 Å². The van der Waals surface area contributed by atoms with E-state index in [2.05, 4.69) is 5.10 Å². The minimum atomic E-state index is -0.127. The molecule has 0 spiro atoms. The average Bonchev–Trinajstić information content (AvgIpc) is 2.96. The maximum Gasteiger partial charge on any atom is 0.244 e. The summed E-state index contributed by atoms with van der Waals surface area (Å²) in [5.74, 6) is -0.160. The topological polar surface area (TPSA) is 58.4 Å². The van der Waals surface area contributed by atoms with Gasteiger partial charge in [-0.2, -0.15) is 5.10 Å². The molecule has 0 unspecified atom stereocenters. The fourth-order valence-corrected chi connectivity index (χ4v) is 2.82. The third kappa shape index (κ3) is 3.94. The van der Waals surface area contributed by atoms with Crippen LogP contribution in [-0.2, 0) is 22.7 Å². The fraction of sp³-hybridized carbons (Fsp3) is 0.353. The van der Waals surface area contributed by atoms with E-state index in [0.29, 0.717) is 24.7 Å². The SMILES string of the molecule is Cc1ccc(CN2CCN(C(=O)Cn3cc(Cl)cn3)CC2=O)cc1. The molecule has 7 heteroatoms. The third-order valence-electron chi connectivity index (χ3n) is 4.06. The van der Waals surface area contributed by atoms with E-state index in [1.807, 2.05) is 31.2 Å². The predicted molar refractivity (Wildman–Crippen MR) is 90.4 cm³/mol. The number of hydrogen-bond acceptors (Lipinski definition) is 3. The second kappa shape index (κ2) is 7.05. The maximum atomic E-state index is 12.3. The average molecular weight is 347 g/mol. The molecule has 0 saturated carbocycles. The van der Waals surface area contributed by atoms with Gasteiger partial charge >= 0.3 is 0 Å². The van der Waals surface area contributed by atoms with Crippen molar-refractivity contribution < 1.29 is 9.59 Å². The first-order valence-electron chi connectivity index (χ1n) is 7.80. The van der Waals surface area contributed by atoms with Gasteiger partial charge in [0.1, 0.15) is 6.54 Å². The Morgan fingerprint density at radius 1 is 1.25 bits per heavy atom. The second-order valence-electron chi connectivity index (χ2n) is 5.97. The molecule has 1 aromatic carbocycles. The van der Waals surface area contributed by atoms with Crippen LogP contribution in [0.15, 0.2) is 36.7 Å². The molecule has 0 radical (unpaired) electrons. The predicted octanol–water partition coefficient (Wildman–Crippen LogP) is 1.72. The number of piperazine rings is 1. The van der Waals surface area contributed by atoms with Gasteiger partial charge in [0.05, 0.1) is 17.8 Å². The van der Waals surface area contributed by atoms with Crippen LogP contribution in [0, 0.1) is 6.92 Å². The van der Waals surface area contributed by atoms with Gasteiger partial charge in [0, 0.05) is 25.8 Å². The van der Waals surface area contributed by atoms with Crippen molar-refractivity contribution in [2.75, 3.05) is 19.6 Å². The molecular weight excluding hydrogens is 328 g/mol. The zero-order chi connectivity index (χ0) is 17.1. The molecular formula is C17H19ClN4O2. The van der Waals surface area contributed by atoms with Crippen LogP contribution in [0.2, 0.25) is 5.02 Å². The molecule has 3 rings (SSSR count). The number of aromatic nitrogens is 2. The van der Waals surface area contributed by atoms with Crippen LogP contribution >= 0.6 is 11.6 Å². The summed E-state index contributed by atoms with van der Waals surface area (Å²) in [6.45, 7) is 3.89. The lowest BCUT2D eigenvalue weighted by atomic mass is 10.1. The Bertz CT molecular complexity index is 741. The number of nitrogens with zero attached hydrogens (tertiary/aromatic N) is 4. The van der Waals surface area contributed by atoms with E-state index in [1.165, 1.54) is 16.4 Å². The van der Waals surface area contributed by atoms with Crippen LogP contribution in [0.1, 0.15) is 11.1 Å². The Labute approximate surface area is 145 Å². The van der Waals surface area contributed by atoms with Gasteiger partial charge in [0.15, 0.2) is 0 Å². The Hall–Kier alpha value is -2.34. The minimum Gasteiger partial charge on any atom is -0.335 e. The van der Waals surface area contributed by atoms with Gasteiger partial charge in [0.2, 0.25) is 11.8 Å². The summed E-state index contributed by atoms with van der Waals surface area (Å²) < 4.78 is 1.48. The maximum absolute atomic E-state index is 12.3. The van der Waals surface area contributed by atoms with E-state index in [-0.39, 0.29) is 24.9 Å². The van der Waals surface area contributed by atoms with E-state index in [0.717, 1.165) is 5.56 Å². The Morgan fingerprint density at radius 3 is 2.62 bits per heavy atom. The summed E-state index contributed by atoms with van der Waals surface area (Å²) in [7, 11) is 0. The van der Waals surface area contributed by atoms with Crippen molar-refractivity contribution >= 4 is 23.4 Å². The van der Waals surface area contributed by atoms with E-state index < -0.39 is 0 Å². The van der Waals surface area contributed by atoms with Gasteiger partial charge in [-0.3, -0.25) is 14.3 Å². The lowest BCUT2D eigenvalue weighted by molar-refractivity contribution is -0.146. The summed E-state index contributed by atoms with van der Waals surface area (Å²) in [6.07, 6.45) is 3.08. The molecule has 1 fully saturated rings. The number of amides is 2. The van der Waals surface area contributed by atoms with Gasteiger partial charge < -0.3 is 9.80 Å². The highest BCUT2D eigenvalue weighted by molar-refractivity contribution is 6.30. The molecule has 24 heavy (non-hydrogen) atoms. The lowest BCUT2D eigenvalue weighted by Gasteiger charge is -2.34. The molecule has 2 aromatic rings. The van der Waals surface area contributed by atoms with Gasteiger partial charge in [-0.25, -0.2) is 0 Å². The van der Waals surface area contributed by atoms with Crippen molar-refractivity contribution in [2.45, 2.75) is 20.0 Å². The molecule has 0 aliphatic carbocycles. The Balaban J connectivity index is 1.55. The molecule has 0 atom stereocenters. The highest BCUT2D eigenvalue weighted by Crippen LogP contribution is 2.12. The van der Waals surface area contributed by atoms with Crippen LogP contribution < -0.4 is 0 Å². The van der Waals surface area contributed by atoms with Crippen molar-refractivity contribution in [1.29, 1.82) is 0 Å². The van der Waals surface area contributed by atoms with Crippen LogP contribution in [0.3, 0.4) is 0 Å². The van der Waals surface area contributed by atoms with Crippen LogP contribution in [0.5, 0.6) is 0 Å². The summed E-state index contributed by atoms with van der Waals surface area (Å²) >= 11 is 5.79. The number of carbonyl (C=O) groups is 2. The first kappa shape index (κ1) is 16.5. The quantitative estimate of drug-likeness (QED) is 0.847. The first-order valence-corrected chi connectivity index (χ1v) is 8.18. The largest absolute Gasteiger partial charge is 0.335 e. The van der Waals surface area contributed by atoms with Gasteiger partial charge in [0.25, 0.3) is 0 Å². The molecule has 126 valence electrons. The third-order valence-corrected chi connectivity index (χ3v) is 4.26. The van der Waals surface area contributed by atoms with E-state index in [4.69, 9.17) is 11.6 Å². The number of aryl methyl sites for hydroxylation is 1. The summed E-state index contributed by atoms with van der Waals surface area (Å²) in [6, 6.07) is 8.13.